The number of likely N-dealkylation sites (tertiary alicyclic amines) is 2. The Morgan fingerprint density at radius 2 is 1.83 bits per heavy atom. The molecule has 0 saturated carbocycles. The first-order chi connectivity index (χ1) is 31.4. The monoisotopic (exact) mass is 904 g/mol. The number of aromatic nitrogens is 4. The van der Waals surface area contributed by atoms with Gasteiger partial charge in [-0.1, -0.05) is 50.2 Å². The molecule has 4 N–H and O–H groups in total. The Morgan fingerprint density at radius 3 is 2.58 bits per heavy atom. The Hall–Kier alpha value is -5.62. The second-order valence-electron chi connectivity index (χ2n) is 18.4. The molecule has 0 bridgehead atoms. The van der Waals surface area contributed by atoms with Crippen molar-refractivity contribution in [1.82, 2.24) is 40.4 Å². The van der Waals surface area contributed by atoms with Crippen molar-refractivity contribution in [2.45, 2.75) is 96.1 Å². The Balaban J connectivity index is 0.754. The molecule has 0 spiro atoms. The zero-order valence-electron chi connectivity index (χ0n) is 37.8. The average Bonchev–Trinajstić information content (AvgIpc) is 4.06. The smallest absolute Gasteiger partial charge is 0.254 e. The normalized spacial score (nSPS) is 23.4. The van der Waals surface area contributed by atoms with E-state index in [1.54, 1.807) is 29.5 Å². The van der Waals surface area contributed by atoms with Crippen LogP contribution in [0.15, 0.2) is 70.7 Å². The largest absolute Gasteiger partial charge is 0.507 e. The number of para-hydroxylation sites is 1. The molecule has 0 aliphatic carbocycles. The van der Waals surface area contributed by atoms with Crippen molar-refractivity contribution < 1.29 is 29.1 Å². The summed E-state index contributed by atoms with van der Waals surface area (Å²) in [4.78, 5) is 42.5. The minimum atomic E-state index is -0.822. The number of β-amino-alcohol motifs (C(OH)–C–C–N with tert-alkyl or cyclic N) is 1. The Kier molecular flexibility index (Phi) is 13.1. The molecule has 17 heteroatoms. The van der Waals surface area contributed by atoms with Crippen molar-refractivity contribution >= 4 is 34.7 Å². The lowest BCUT2D eigenvalue weighted by molar-refractivity contribution is -0.141. The average molecular weight is 905 g/mol. The Labute approximate surface area is 384 Å². The van der Waals surface area contributed by atoms with Gasteiger partial charge in [0.15, 0.2) is 11.6 Å². The number of carbonyl (C=O) groups is 2. The zero-order valence-corrected chi connectivity index (χ0v) is 38.6. The maximum atomic E-state index is 14.3. The molecule has 3 saturated heterocycles. The number of rotatable bonds is 13. The number of fused-ring (bicyclic) bond motifs is 3. The van der Waals surface area contributed by atoms with Gasteiger partial charge in [0, 0.05) is 75.9 Å². The van der Waals surface area contributed by atoms with Crippen LogP contribution in [-0.4, -0.2) is 140 Å². The van der Waals surface area contributed by atoms with Crippen LogP contribution < -0.4 is 20.3 Å². The zero-order chi connectivity index (χ0) is 45.4. The number of aryl methyl sites for hydroxylation is 1. The lowest BCUT2D eigenvalue weighted by Gasteiger charge is -2.50. The van der Waals surface area contributed by atoms with E-state index in [-0.39, 0.29) is 42.5 Å². The van der Waals surface area contributed by atoms with Gasteiger partial charge in [-0.3, -0.25) is 19.4 Å². The fourth-order valence-electron chi connectivity index (χ4n) is 10.2. The van der Waals surface area contributed by atoms with E-state index in [1.807, 2.05) is 75.7 Å². The van der Waals surface area contributed by atoms with Gasteiger partial charge in [0.1, 0.15) is 24.3 Å². The van der Waals surface area contributed by atoms with Crippen LogP contribution >= 0.6 is 11.3 Å². The topological polar surface area (TPSA) is 186 Å². The van der Waals surface area contributed by atoms with Crippen LogP contribution in [0.4, 0.5) is 11.5 Å². The van der Waals surface area contributed by atoms with Crippen molar-refractivity contribution in [3.63, 3.8) is 0 Å². The van der Waals surface area contributed by atoms with Crippen LogP contribution in [0.2, 0.25) is 0 Å². The predicted octanol–water partition coefficient (Wildman–Crippen LogP) is 5.70. The van der Waals surface area contributed by atoms with Gasteiger partial charge >= 0.3 is 0 Å². The van der Waals surface area contributed by atoms with E-state index in [2.05, 4.69) is 52.6 Å². The molecule has 65 heavy (non-hydrogen) atoms. The molecule has 2 aromatic carbocycles. The molecule has 3 fully saturated rings. The van der Waals surface area contributed by atoms with Crippen molar-refractivity contribution in [2.24, 2.45) is 5.92 Å². The van der Waals surface area contributed by atoms with Gasteiger partial charge in [-0.05, 0) is 74.0 Å². The summed E-state index contributed by atoms with van der Waals surface area (Å²) in [6.45, 7) is 15.9. The molecule has 7 atom stereocenters. The number of phenolic OH excluding ortho intramolecular Hbond substituents is 1. The van der Waals surface area contributed by atoms with Gasteiger partial charge in [-0.25, -0.2) is 4.98 Å². The van der Waals surface area contributed by atoms with E-state index in [0.717, 1.165) is 85.3 Å². The number of nitrogens with zero attached hydrogens (tertiary/aromatic N) is 8. The predicted molar refractivity (Wildman–Crippen MR) is 249 cm³/mol. The van der Waals surface area contributed by atoms with Crippen LogP contribution in [0.25, 0.3) is 21.7 Å². The Bertz CT molecular complexity index is 2460. The number of benzene rings is 2. The first-order valence-corrected chi connectivity index (χ1v) is 23.8. The van der Waals surface area contributed by atoms with Gasteiger partial charge in [-0.15, -0.1) is 21.5 Å². The SMILES string of the molecule is Cc1ncsc1-c1ccc([C@H](C)NC(=O)[C@@H]2C[C@@H](O)CN2C(=O)[C@@H](c2cc(OCCN3CC[C@@H](N4CCN5c6cc(-c7ccccc7O)nnc6NC[C@H]5C4)C[C@@H]3C)no2)C(C)C)cc1. The van der Waals surface area contributed by atoms with E-state index in [1.165, 1.54) is 4.90 Å². The van der Waals surface area contributed by atoms with Crippen LogP contribution in [0.5, 0.6) is 11.6 Å². The summed E-state index contributed by atoms with van der Waals surface area (Å²) in [5.41, 5.74) is 7.21. The molecule has 2 amide bonds. The third-order valence-corrected chi connectivity index (χ3v) is 14.8. The molecule has 3 aromatic heterocycles. The highest BCUT2D eigenvalue weighted by Gasteiger charge is 2.44. The highest BCUT2D eigenvalue weighted by Crippen LogP contribution is 2.38. The third kappa shape index (κ3) is 9.42. The van der Waals surface area contributed by atoms with Gasteiger partial charge in [0.2, 0.25) is 11.8 Å². The summed E-state index contributed by atoms with van der Waals surface area (Å²) in [7, 11) is 0. The molecule has 344 valence electrons. The van der Waals surface area contributed by atoms with E-state index >= 15 is 0 Å². The maximum Gasteiger partial charge on any atom is 0.254 e. The van der Waals surface area contributed by atoms with E-state index < -0.39 is 18.1 Å². The highest BCUT2D eigenvalue weighted by molar-refractivity contribution is 7.13. The maximum absolute atomic E-state index is 14.3. The first-order valence-electron chi connectivity index (χ1n) is 22.9. The number of ether oxygens (including phenoxy) is 1. The van der Waals surface area contributed by atoms with Crippen LogP contribution in [0, 0.1) is 12.8 Å². The number of hydrogen-bond acceptors (Lipinski definition) is 15. The van der Waals surface area contributed by atoms with E-state index in [9.17, 15) is 19.8 Å². The molecular weight excluding hydrogens is 845 g/mol. The minimum absolute atomic E-state index is 0.0602. The van der Waals surface area contributed by atoms with Gasteiger partial charge in [0.25, 0.3) is 5.88 Å². The molecule has 0 radical (unpaired) electrons. The van der Waals surface area contributed by atoms with Crippen molar-refractivity contribution in [3.8, 4) is 33.3 Å². The number of piperazine rings is 1. The fourth-order valence-corrected chi connectivity index (χ4v) is 11.0. The number of thiazole rings is 1. The highest BCUT2D eigenvalue weighted by atomic mass is 32.1. The molecule has 7 heterocycles. The summed E-state index contributed by atoms with van der Waals surface area (Å²) >= 11 is 1.59. The summed E-state index contributed by atoms with van der Waals surface area (Å²) < 4.78 is 11.9. The molecule has 5 aromatic rings. The summed E-state index contributed by atoms with van der Waals surface area (Å²) in [5.74, 6) is 0.206. The lowest BCUT2D eigenvalue weighted by atomic mass is 9.91. The number of phenols is 1. The molecule has 0 unspecified atom stereocenters. The second-order valence-corrected chi connectivity index (χ2v) is 19.3. The van der Waals surface area contributed by atoms with Crippen molar-refractivity contribution in [1.29, 1.82) is 0 Å². The third-order valence-electron chi connectivity index (χ3n) is 13.8. The summed E-state index contributed by atoms with van der Waals surface area (Å²) in [5, 5.41) is 40.8. The van der Waals surface area contributed by atoms with Crippen molar-refractivity contribution in [2.75, 3.05) is 62.6 Å². The number of aliphatic hydroxyl groups is 1. The van der Waals surface area contributed by atoms with Gasteiger partial charge in [0.05, 0.1) is 45.7 Å². The number of hydrogen-bond donors (Lipinski definition) is 4. The molecular formula is C48H60N10O6S. The first kappa shape index (κ1) is 44.6. The van der Waals surface area contributed by atoms with Crippen LogP contribution in [-0.2, 0) is 9.59 Å². The van der Waals surface area contributed by atoms with Gasteiger partial charge in [-0.2, -0.15) is 0 Å². The van der Waals surface area contributed by atoms with Gasteiger partial charge < -0.3 is 39.9 Å². The number of amides is 2. The number of carbonyl (C=O) groups excluding carboxylic acids is 2. The second kappa shape index (κ2) is 19.1. The van der Waals surface area contributed by atoms with E-state index in [4.69, 9.17) is 9.26 Å². The standard InChI is InChI=1S/C48H60N10O6S/c1-28(2)44(48(62)58-26-36(59)21-40(58)47(61)51-30(4)32-10-12-33(13-11-32)45-31(5)50-27-65-45)42-23-43(54-64-42)63-19-18-55-15-14-34(20-29(55)3)56-16-17-57-35(25-56)24-49-46-39(57)22-38(52-53-46)37-8-6-7-9-41(37)60/h6-13,22-23,27-30,34-36,40,44,59-60H,14-21,24-26H2,1-5H3,(H,49,53)(H,51,61)/t29-,30-,34+,35-,36+,40-,44+/m0/s1. The molecule has 4 aliphatic heterocycles. The minimum Gasteiger partial charge on any atom is -0.507 e. The van der Waals surface area contributed by atoms with Crippen molar-refractivity contribution in [3.05, 3.63) is 83.2 Å². The van der Waals surface area contributed by atoms with E-state index in [0.29, 0.717) is 47.6 Å². The quantitative estimate of drug-likeness (QED) is 0.113. The number of anilines is 2. The number of piperidine rings is 1. The molecule has 9 rings (SSSR count). The van der Waals surface area contributed by atoms with Crippen LogP contribution in [0.1, 0.15) is 75.9 Å². The number of aromatic hydroxyl groups is 1. The Morgan fingerprint density at radius 1 is 1.02 bits per heavy atom. The summed E-state index contributed by atoms with van der Waals surface area (Å²) in [6.07, 6.45) is 1.47. The van der Waals surface area contributed by atoms with Crippen LogP contribution in [0.3, 0.4) is 0 Å². The molecule has 16 nitrogen and oxygen atoms in total. The fraction of sp³-hybridized carbons (Fsp3) is 0.500. The number of nitrogens with one attached hydrogen (secondary N) is 2. The number of aliphatic hydroxyl groups excluding tert-OH is 1. The molecule has 4 aliphatic rings. The lowest BCUT2D eigenvalue weighted by Crippen LogP contribution is -2.61. The summed E-state index contributed by atoms with van der Waals surface area (Å²) in [6, 6.07) is 19.1.